The van der Waals surface area contributed by atoms with Crippen molar-refractivity contribution in [2.45, 2.75) is 66.6 Å². The van der Waals surface area contributed by atoms with Gasteiger partial charge in [-0.15, -0.1) is 0 Å². The molecule has 1 heterocycles. The Morgan fingerprint density at radius 2 is 1.58 bits per heavy atom. The lowest BCUT2D eigenvalue weighted by Gasteiger charge is -2.19. The minimum absolute atomic E-state index is 0.00343. The van der Waals surface area contributed by atoms with E-state index in [2.05, 4.69) is 4.98 Å². The third-order valence-corrected chi connectivity index (χ3v) is 2.14. The normalized spacial score (nSPS) is 11.7. The quantitative estimate of drug-likeness (QED) is 0.704. The lowest BCUT2D eigenvalue weighted by molar-refractivity contribution is 0.0161. The molecular formula is C13H23BN2O3-. The maximum absolute atomic E-state index is 5.88. The van der Waals surface area contributed by atoms with Gasteiger partial charge < -0.3 is 22.1 Å². The van der Waals surface area contributed by atoms with Gasteiger partial charge in [-0.05, 0) is 41.5 Å². The van der Waals surface area contributed by atoms with Crippen LogP contribution in [0.15, 0.2) is 0 Å². The molecule has 1 aromatic heterocycles. The minimum atomic E-state index is 0.00343. The third kappa shape index (κ3) is 4.78. The van der Waals surface area contributed by atoms with E-state index in [-0.39, 0.29) is 18.3 Å². The van der Waals surface area contributed by atoms with Crippen LogP contribution in [0.3, 0.4) is 0 Å². The number of ether oxygens (including phenoxy) is 3. The van der Waals surface area contributed by atoms with Crippen LogP contribution in [0.4, 0.5) is 0 Å². The molecule has 1 rings (SSSR count). The third-order valence-electron chi connectivity index (χ3n) is 2.14. The summed E-state index contributed by atoms with van der Waals surface area (Å²) in [6.45, 7) is 12.0. The molecule has 0 atom stereocenters. The molecule has 0 unspecified atom stereocenters. The Labute approximate surface area is 116 Å². The second kappa shape index (κ2) is 6.84. The van der Waals surface area contributed by atoms with E-state index in [0.29, 0.717) is 24.2 Å². The second-order valence-electron chi connectivity index (χ2n) is 5.19. The molecule has 0 aliphatic heterocycles. The Morgan fingerprint density at radius 3 is 2.05 bits per heavy atom. The van der Waals surface area contributed by atoms with Crippen LogP contribution in [0.1, 0.15) is 41.5 Å². The van der Waals surface area contributed by atoms with E-state index >= 15 is 0 Å². The molecule has 0 aromatic carbocycles. The Bertz CT molecular complexity index is 403. The Morgan fingerprint density at radius 1 is 1.00 bits per heavy atom. The van der Waals surface area contributed by atoms with Gasteiger partial charge in [0.15, 0.2) is 5.88 Å². The van der Waals surface area contributed by atoms with Crippen molar-refractivity contribution in [1.29, 1.82) is 0 Å². The van der Waals surface area contributed by atoms with Gasteiger partial charge in [0.1, 0.15) is 6.73 Å². The molecule has 1 aromatic rings. The van der Waals surface area contributed by atoms with Crippen molar-refractivity contribution in [2.75, 3.05) is 0 Å². The van der Waals surface area contributed by atoms with Gasteiger partial charge in [-0.1, -0.05) is 0 Å². The molecule has 107 valence electrons. The molecule has 0 saturated heterocycles. The first kappa shape index (κ1) is 15.9. The summed E-state index contributed by atoms with van der Waals surface area (Å²) in [5, 5.41) is 0. The largest absolute Gasteiger partial charge is 0.545 e. The molecule has 0 saturated carbocycles. The summed E-state index contributed by atoms with van der Waals surface area (Å²) in [5.74, 6) is 0.492. The molecule has 19 heavy (non-hydrogen) atoms. The molecule has 0 bridgehead atoms. The summed E-state index contributed by atoms with van der Waals surface area (Å²) < 4.78 is 18.6. The number of imidazole rings is 1. The predicted octanol–water partition coefficient (Wildman–Crippen LogP) is 1.63. The fourth-order valence-electron chi connectivity index (χ4n) is 1.42. The van der Waals surface area contributed by atoms with Crippen molar-refractivity contribution in [3.05, 3.63) is 0 Å². The number of rotatable bonds is 7. The van der Waals surface area contributed by atoms with Crippen LogP contribution in [0, 0.1) is 0 Å². The fraction of sp³-hybridized carbons (Fsp3) is 0.769. The van der Waals surface area contributed by atoms with Gasteiger partial charge in [-0.3, -0.25) is 0 Å². The van der Waals surface area contributed by atoms with Crippen LogP contribution in [0.2, 0.25) is 0 Å². The number of hydrogen-bond acceptors (Lipinski definition) is 4. The summed E-state index contributed by atoms with van der Waals surface area (Å²) in [4.78, 5) is 4.20. The zero-order chi connectivity index (χ0) is 14.6. The average Bonchev–Trinajstić information content (AvgIpc) is 2.51. The smallest absolute Gasteiger partial charge is 0.297 e. The highest BCUT2D eigenvalue weighted by Gasteiger charge is 2.14. The Balaban J connectivity index is 3.02. The maximum atomic E-state index is 5.88. The maximum Gasteiger partial charge on any atom is 0.297 e. The number of nitrogens with zero attached hydrogens (tertiary/aromatic N) is 2. The van der Waals surface area contributed by atoms with E-state index in [1.54, 1.807) is 4.57 Å². The van der Waals surface area contributed by atoms with E-state index in [1.165, 1.54) is 0 Å². The summed E-state index contributed by atoms with van der Waals surface area (Å²) in [7, 11) is 5.88. The molecule has 5 nitrogen and oxygen atoms in total. The summed E-state index contributed by atoms with van der Waals surface area (Å²) in [6.07, 6.45) is 0.109. The molecule has 0 fully saturated rings. The predicted molar refractivity (Wildman–Crippen MR) is 75.4 cm³/mol. The van der Waals surface area contributed by atoms with Crippen molar-refractivity contribution in [3.63, 3.8) is 0 Å². The first-order chi connectivity index (χ1) is 8.81. The molecule has 0 spiro atoms. The van der Waals surface area contributed by atoms with Gasteiger partial charge in [0.25, 0.3) is 6.01 Å². The Hall–Kier alpha value is -1.17. The van der Waals surface area contributed by atoms with Crippen molar-refractivity contribution < 1.29 is 14.2 Å². The van der Waals surface area contributed by atoms with Gasteiger partial charge in [0.2, 0.25) is 0 Å². The fourth-order valence-corrected chi connectivity index (χ4v) is 1.42. The van der Waals surface area contributed by atoms with E-state index in [4.69, 9.17) is 22.1 Å². The lowest BCUT2D eigenvalue weighted by atomic mass is 10.1. The first-order valence-corrected chi connectivity index (χ1v) is 6.62. The van der Waals surface area contributed by atoms with Crippen LogP contribution in [0.25, 0.3) is 0 Å². The van der Waals surface area contributed by atoms with E-state index < -0.39 is 0 Å². The molecule has 6 heteroatoms. The average molecular weight is 266 g/mol. The van der Waals surface area contributed by atoms with Crippen LogP contribution >= 0.6 is 0 Å². The number of aromatic nitrogens is 2. The zero-order valence-corrected chi connectivity index (χ0v) is 12.6. The van der Waals surface area contributed by atoms with E-state index in [1.807, 2.05) is 41.5 Å². The molecule has 0 amide bonds. The van der Waals surface area contributed by atoms with Gasteiger partial charge >= 0.3 is 0 Å². The standard InChI is InChI=1S/C13H23BN2O3/c1-8(2)17-7-16-12(18-9(3)4)11(14)15-13(16)19-10(5)6/h8-10H,7H2,1-6H3/q-1. The van der Waals surface area contributed by atoms with Crippen LogP contribution in [-0.2, 0) is 11.5 Å². The molecule has 0 aliphatic carbocycles. The summed E-state index contributed by atoms with van der Waals surface area (Å²) >= 11 is 0. The first-order valence-electron chi connectivity index (χ1n) is 6.62. The van der Waals surface area contributed by atoms with Gasteiger partial charge in [0, 0.05) is 0 Å². The van der Waals surface area contributed by atoms with Crippen molar-refractivity contribution in [3.8, 4) is 11.9 Å². The highest BCUT2D eigenvalue weighted by atomic mass is 16.5. The molecule has 3 radical (unpaired) electrons. The zero-order valence-electron chi connectivity index (χ0n) is 12.6. The van der Waals surface area contributed by atoms with Gasteiger partial charge in [-0.2, -0.15) is 5.59 Å². The van der Waals surface area contributed by atoms with Crippen molar-refractivity contribution in [1.82, 2.24) is 9.55 Å². The second-order valence-corrected chi connectivity index (χ2v) is 5.19. The van der Waals surface area contributed by atoms with Crippen LogP contribution in [-0.4, -0.2) is 35.7 Å². The van der Waals surface area contributed by atoms with Crippen molar-refractivity contribution in [2.24, 2.45) is 0 Å². The number of hydrogen-bond donors (Lipinski definition) is 0. The van der Waals surface area contributed by atoms with E-state index in [9.17, 15) is 0 Å². The SMILES string of the molecule is [B-]c1nc(OC(C)C)n(COC(C)C)c1OC(C)C. The van der Waals surface area contributed by atoms with Crippen LogP contribution < -0.4 is 15.1 Å². The topological polar surface area (TPSA) is 45.5 Å². The monoisotopic (exact) mass is 266 g/mol. The summed E-state index contributed by atoms with van der Waals surface area (Å²) in [5.41, 5.74) is 0.316. The van der Waals surface area contributed by atoms with Gasteiger partial charge in [0.05, 0.1) is 18.3 Å². The van der Waals surface area contributed by atoms with Crippen LogP contribution in [0.5, 0.6) is 11.9 Å². The molecule has 0 aliphatic rings. The molecule has 0 N–H and O–H groups in total. The lowest BCUT2D eigenvalue weighted by Crippen LogP contribution is -2.19. The van der Waals surface area contributed by atoms with Gasteiger partial charge in [-0.25, -0.2) is 9.55 Å². The highest BCUT2D eigenvalue weighted by Crippen LogP contribution is 2.20. The molecular weight excluding hydrogens is 243 g/mol. The van der Waals surface area contributed by atoms with E-state index in [0.717, 1.165) is 0 Å². The highest BCUT2D eigenvalue weighted by molar-refractivity contribution is 6.32. The van der Waals surface area contributed by atoms with Crippen molar-refractivity contribution >= 4 is 13.4 Å². The minimum Gasteiger partial charge on any atom is -0.545 e. The Kier molecular flexibility index (Phi) is 5.72. The summed E-state index contributed by atoms with van der Waals surface area (Å²) in [6, 6.07) is 0.420.